The Hall–Kier alpha value is -1.33. The smallest absolute Gasteiger partial charge is 0.250 e. The minimum atomic E-state index is -3.53. The number of carbonyl (C=O) groups excluding carboxylic acids is 1. The number of nitrogens with zero attached hydrogens (tertiary/aromatic N) is 2. The molecule has 0 spiro atoms. The fourth-order valence-corrected chi connectivity index (χ4v) is 6.62. The van der Waals surface area contributed by atoms with Crippen LogP contribution in [0.25, 0.3) is 9.75 Å². The molecule has 1 fully saturated rings. The number of amides is 1. The Morgan fingerprint density at radius 1 is 1.27 bits per heavy atom. The molecule has 0 atom stereocenters. The van der Waals surface area contributed by atoms with Crippen LogP contribution in [0.15, 0.2) is 16.3 Å². The summed E-state index contributed by atoms with van der Waals surface area (Å²) in [5.41, 5.74) is 0.771. The van der Waals surface area contributed by atoms with Crippen LogP contribution in [0, 0.1) is 6.92 Å². The van der Waals surface area contributed by atoms with E-state index in [4.69, 9.17) is 0 Å². The summed E-state index contributed by atoms with van der Waals surface area (Å²) in [4.78, 5) is 19.4. The van der Waals surface area contributed by atoms with Gasteiger partial charge < -0.3 is 10.2 Å². The molecule has 7 nitrogen and oxygen atoms in total. The van der Waals surface area contributed by atoms with Gasteiger partial charge in [-0.1, -0.05) is 11.3 Å². The average Bonchev–Trinajstić information content (AvgIpc) is 3.16. The number of carbonyl (C=O) groups is 1. The number of sulfonamides is 1. The van der Waals surface area contributed by atoms with Crippen molar-refractivity contribution in [1.29, 1.82) is 0 Å². The molecule has 1 amide bonds. The van der Waals surface area contributed by atoms with Crippen molar-refractivity contribution in [2.75, 3.05) is 25.5 Å². The summed E-state index contributed by atoms with van der Waals surface area (Å²) in [5, 5.41) is 3.19. The van der Waals surface area contributed by atoms with E-state index in [2.05, 4.69) is 19.9 Å². The molecular formula is C16H22N4O3S3. The summed E-state index contributed by atoms with van der Waals surface area (Å²) in [6.07, 6.45) is 1.64. The zero-order valence-electron chi connectivity index (χ0n) is 14.9. The predicted octanol–water partition coefficient (Wildman–Crippen LogP) is 2.51. The van der Waals surface area contributed by atoms with Crippen LogP contribution < -0.4 is 10.0 Å². The third kappa shape index (κ3) is 4.49. The number of rotatable bonds is 5. The minimum absolute atomic E-state index is 0.0155. The van der Waals surface area contributed by atoms with E-state index in [1.54, 1.807) is 12.1 Å². The zero-order valence-corrected chi connectivity index (χ0v) is 17.4. The number of aromatic nitrogens is 1. The van der Waals surface area contributed by atoms with Gasteiger partial charge in [0.05, 0.1) is 10.6 Å². The molecule has 26 heavy (non-hydrogen) atoms. The molecule has 0 bridgehead atoms. The summed E-state index contributed by atoms with van der Waals surface area (Å²) in [7, 11) is -1.48. The fourth-order valence-electron chi connectivity index (χ4n) is 2.82. The van der Waals surface area contributed by atoms with E-state index < -0.39 is 10.0 Å². The maximum atomic E-state index is 12.7. The van der Waals surface area contributed by atoms with Crippen molar-refractivity contribution in [3.63, 3.8) is 0 Å². The highest BCUT2D eigenvalue weighted by Gasteiger charge is 2.25. The summed E-state index contributed by atoms with van der Waals surface area (Å²) in [6, 6.07) is 3.42. The lowest BCUT2D eigenvalue weighted by Gasteiger charge is -2.29. The molecule has 3 rings (SSSR count). The van der Waals surface area contributed by atoms with Crippen LogP contribution in [0.4, 0.5) is 5.13 Å². The van der Waals surface area contributed by atoms with Gasteiger partial charge in [-0.05, 0) is 52.0 Å². The Labute approximate surface area is 161 Å². The molecule has 2 N–H and O–H groups in total. The SMILES string of the molecule is CC(=O)Nc1nc(C)c(-c2ccc(S(=O)(=O)NC3CCN(C)CC3)s2)s1. The fraction of sp³-hybridized carbons (Fsp3) is 0.500. The van der Waals surface area contributed by atoms with Crippen molar-refractivity contribution in [2.45, 2.75) is 36.9 Å². The van der Waals surface area contributed by atoms with Gasteiger partial charge in [-0.3, -0.25) is 4.79 Å². The molecule has 0 unspecified atom stereocenters. The maximum Gasteiger partial charge on any atom is 0.250 e. The van der Waals surface area contributed by atoms with Crippen molar-refractivity contribution < 1.29 is 13.2 Å². The van der Waals surface area contributed by atoms with Crippen LogP contribution >= 0.6 is 22.7 Å². The monoisotopic (exact) mass is 414 g/mol. The van der Waals surface area contributed by atoms with Crippen molar-refractivity contribution >= 4 is 43.7 Å². The highest BCUT2D eigenvalue weighted by Crippen LogP contribution is 2.38. The number of nitrogens with one attached hydrogen (secondary N) is 2. The Morgan fingerprint density at radius 3 is 2.62 bits per heavy atom. The van der Waals surface area contributed by atoms with Crippen LogP contribution in [-0.4, -0.2) is 50.4 Å². The van der Waals surface area contributed by atoms with Gasteiger partial charge in [0.1, 0.15) is 4.21 Å². The number of likely N-dealkylation sites (tertiary alicyclic amines) is 1. The standard InChI is InChI=1S/C16H22N4O3S3/c1-10-15(25-16(17-10)18-11(2)21)13-4-5-14(24-13)26(22,23)19-12-6-8-20(3)9-7-12/h4-5,12,19H,6-9H2,1-3H3,(H,17,18,21). The first-order chi connectivity index (χ1) is 12.2. The molecule has 1 aliphatic rings. The first-order valence-corrected chi connectivity index (χ1v) is 11.4. The van der Waals surface area contributed by atoms with E-state index in [9.17, 15) is 13.2 Å². The summed E-state index contributed by atoms with van der Waals surface area (Å²) < 4.78 is 28.5. The normalized spacial score (nSPS) is 16.7. The molecule has 1 saturated heterocycles. The summed E-state index contributed by atoms with van der Waals surface area (Å²) >= 11 is 2.57. The quantitative estimate of drug-likeness (QED) is 0.784. The Kier molecular flexibility index (Phi) is 5.78. The minimum Gasteiger partial charge on any atom is -0.306 e. The van der Waals surface area contributed by atoms with Crippen LogP contribution in [-0.2, 0) is 14.8 Å². The first kappa shape index (κ1) is 19.4. The predicted molar refractivity (Wildman–Crippen MR) is 105 cm³/mol. The lowest BCUT2D eigenvalue weighted by molar-refractivity contribution is -0.114. The van der Waals surface area contributed by atoms with Crippen molar-refractivity contribution in [3.8, 4) is 9.75 Å². The first-order valence-electron chi connectivity index (χ1n) is 8.30. The van der Waals surface area contributed by atoms with E-state index in [0.29, 0.717) is 9.34 Å². The number of thiophene rings is 1. The molecular weight excluding hydrogens is 392 g/mol. The lowest BCUT2D eigenvalue weighted by atomic mass is 10.1. The number of thiazole rings is 1. The van der Waals surface area contributed by atoms with Crippen LogP contribution in [0.5, 0.6) is 0 Å². The number of piperidine rings is 1. The molecule has 0 saturated carbocycles. The van der Waals surface area contributed by atoms with Gasteiger partial charge >= 0.3 is 0 Å². The van der Waals surface area contributed by atoms with E-state index in [0.717, 1.165) is 41.4 Å². The van der Waals surface area contributed by atoms with Crippen LogP contribution in [0.3, 0.4) is 0 Å². The van der Waals surface area contributed by atoms with Gasteiger partial charge in [0.25, 0.3) is 0 Å². The summed E-state index contributed by atoms with van der Waals surface area (Å²) in [6.45, 7) is 5.08. The van der Waals surface area contributed by atoms with Crippen molar-refractivity contribution in [2.24, 2.45) is 0 Å². The lowest BCUT2D eigenvalue weighted by Crippen LogP contribution is -2.43. The van der Waals surface area contributed by atoms with E-state index >= 15 is 0 Å². The highest BCUT2D eigenvalue weighted by atomic mass is 32.2. The number of aryl methyl sites for hydroxylation is 1. The maximum absolute atomic E-state index is 12.7. The van der Waals surface area contributed by atoms with Crippen molar-refractivity contribution in [3.05, 3.63) is 17.8 Å². The zero-order chi connectivity index (χ0) is 18.9. The average molecular weight is 415 g/mol. The molecule has 1 aliphatic heterocycles. The van der Waals surface area contributed by atoms with Gasteiger partial charge in [-0.25, -0.2) is 18.1 Å². The Morgan fingerprint density at radius 2 is 1.96 bits per heavy atom. The number of anilines is 1. The molecule has 0 radical (unpaired) electrons. The van der Waals surface area contributed by atoms with E-state index in [1.807, 2.05) is 14.0 Å². The van der Waals surface area contributed by atoms with E-state index in [1.165, 1.54) is 29.6 Å². The summed E-state index contributed by atoms with van der Waals surface area (Å²) in [5.74, 6) is -0.179. The second kappa shape index (κ2) is 7.73. The molecule has 2 aromatic rings. The highest BCUT2D eigenvalue weighted by molar-refractivity contribution is 7.91. The number of hydrogen-bond donors (Lipinski definition) is 2. The van der Waals surface area contributed by atoms with E-state index in [-0.39, 0.29) is 11.9 Å². The third-order valence-electron chi connectivity index (χ3n) is 4.19. The van der Waals surface area contributed by atoms with Crippen LogP contribution in [0.2, 0.25) is 0 Å². The van der Waals surface area contributed by atoms with Gasteiger partial charge in [-0.15, -0.1) is 11.3 Å². The van der Waals surface area contributed by atoms with Gasteiger partial charge in [0.2, 0.25) is 15.9 Å². The van der Waals surface area contributed by atoms with Gasteiger partial charge in [0, 0.05) is 17.8 Å². The van der Waals surface area contributed by atoms with Gasteiger partial charge in [0.15, 0.2) is 5.13 Å². The molecule has 0 aromatic carbocycles. The van der Waals surface area contributed by atoms with Crippen LogP contribution in [0.1, 0.15) is 25.5 Å². The Balaban J connectivity index is 1.76. The van der Waals surface area contributed by atoms with Gasteiger partial charge in [-0.2, -0.15) is 0 Å². The second-order valence-electron chi connectivity index (χ2n) is 6.43. The molecule has 0 aliphatic carbocycles. The molecule has 3 heterocycles. The largest absolute Gasteiger partial charge is 0.306 e. The number of hydrogen-bond acceptors (Lipinski definition) is 7. The molecule has 2 aromatic heterocycles. The van der Waals surface area contributed by atoms with Crippen molar-refractivity contribution in [1.82, 2.24) is 14.6 Å². The topological polar surface area (TPSA) is 91.4 Å². The second-order valence-corrected chi connectivity index (χ2v) is 10.5. The third-order valence-corrected chi connectivity index (χ3v) is 8.54. The molecule has 10 heteroatoms. The Bertz CT molecular complexity index is 896. The molecule has 142 valence electrons.